The van der Waals surface area contributed by atoms with Gasteiger partial charge >= 0.3 is 46.6 Å². The van der Waals surface area contributed by atoms with Crippen molar-refractivity contribution in [3.05, 3.63) is 0 Å². The quantitative estimate of drug-likeness (QED) is 0.296. The minimum atomic E-state index is -0.500. The number of hydrogen-bond acceptors (Lipinski definition) is 6. The Labute approximate surface area is 95.4 Å². The Bertz CT molecular complexity index is 54.6. The first-order valence-electron chi connectivity index (χ1n) is 1.41. The van der Waals surface area contributed by atoms with Gasteiger partial charge in [-0.1, -0.05) is 0 Å². The Morgan fingerprint density at radius 3 is 0.727 bits per heavy atom. The van der Waals surface area contributed by atoms with E-state index in [0.29, 0.717) is 0 Å². The van der Waals surface area contributed by atoms with Crippen LogP contribution in [0.5, 0.6) is 0 Å². The monoisotopic (exact) mass is 221 g/mol. The van der Waals surface area contributed by atoms with Crippen molar-refractivity contribution in [2.45, 2.75) is 0 Å². The van der Waals surface area contributed by atoms with Gasteiger partial charge in [0.15, 0.2) is 0 Å². The topological polar surface area (TPSA) is 120 Å². The molecule has 0 N–H and O–H groups in total. The molecular weight excluding hydrogens is 219 g/mol. The summed E-state index contributed by atoms with van der Waals surface area (Å²) < 4.78 is 0. The third-order valence-electron chi connectivity index (χ3n) is 0. The zero-order valence-electron chi connectivity index (χ0n) is 5.48. The molecule has 0 unspecified atom stereocenters. The maximum absolute atomic E-state index is 8.25. The van der Waals surface area contributed by atoms with Crippen molar-refractivity contribution < 1.29 is 76.3 Å². The van der Waals surface area contributed by atoms with Crippen LogP contribution in [0, 0.1) is 0 Å². The molecule has 8 heteroatoms. The van der Waals surface area contributed by atoms with Gasteiger partial charge < -0.3 is 29.7 Å². The standard InChI is InChI=1S/3CH2O2.Cu.Na/c3*2-1-3;;/h3*1H,(H,2,3);;/q;;;+2;+1/p-3. The van der Waals surface area contributed by atoms with Crippen LogP contribution in [-0.4, -0.2) is 19.4 Å². The van der Waals surface area contributed by atoms with Crippen LogP contribution in [0.25, 0.3) is 0 Å². The fourth-order valence-corrected chi connectivity index (χ4v) is 0. The van der Waals surface area contributed by atoms with Gasteiger partial charge in [-0.15, -0.1) is 0 Å². The number of carboxylic acid groups (broad SMARTS) is 3. The summed E-state index contributed by atoms with van der Waals surface area (Å²) in [7, 11) is 0. The predicted molar refractivity (Wildman–Crippen MR) is 18.2 cm³/mol. The molecule has 0 aromatic carbocycles. The summed E-state index contributed by atoms with van der Waals surface area (Å²) >= 11 is 0. The van der Waals surface area contributed by atoms with Gasteiger partial charge in [-0.25, -0.2) is 0 Å². The van der Waals surface area contributed by atoms with Crippen molar-refractivity contribution in [2.75, 3.05) is 0 Å². The van der Waals surface area contributed by atoms with Gasteiger partial charge in [0.1, 0.15) is 0 Å². The molecule has 0 heterocycles. The molecule has 0 fully saturated rings. The summed E-state index contributed by atoms with van der Waals surface area (Å²) in [6.45, 7) is -1.50. The van der Waals surface area contributed by atoms with Gasteiger partial charge in [0.25, 0.3) is 0 Å². The smallest absolute Gasteiger partial charge is 0.554 e. The molecule has 0 saturated carbocycles. The van der Waals surface area contributed by atoms with Crippen LogP contribution < -0.4 is 44.9 Å². The van der Waals surface area contributed by atoms with Crippen LogP contribution in [-0.2, 0) is 31.5 Å². The van der Waals surface area contributed by atoms with E-state index >= 15 is 0 Å². The molecule has 0 aliphatic carbocycles. The first kappa shape index (κ1) is 30.6. The second-order valence-electron chi connectivity index (χ2n) is 0.289. The van der Waals surface area contributed by atoms with Gasteiger partial charge in [-0.05, 0) is 0 Å². The Morgan fingerprint density at radius 2 is 0.727 bits per heavy atom. The van der Waals surface area contributed by atoms with Gasteiger partial charge in [0.2, 0.25) is 0 Å². The van der Waals surface area contributed by atoms with E-state index in [1.165, 1.54) is 0 Å². The van der Waals surface area contributed by atoms with Crippen molar-refractivity contribution in [3.8, 4) is 0 Å². The summed E-state index contributed by atoms with van der Waals surface area (Å²) in [5, 5.41) is 24.8. The normalized spacial score (nSPS) is 3.27. The van der Waals surface area contributed by atoms with E-state index in [-0.39, 0.29) is 46.6 Å². The summed E-state index contributed by atoms with van der Waals surface area (Å²) in [4.78, 5) is 24.8. The van der Waals surface area contributed by atoms with Crippen LogP contribution >= 0.6 is 0 Å². The minimum absolute atomic E-state index is 0. The molecule has 63 valence electrons. The van der Waals surface area contributed by atoms with Gasteiger partial charge in [0.05, 0.1) is 0 Å². The molecule has 0 amide bonds. The molecule has 0 bridgehead atoms. The zero-order chi connectivity index (χ0) is 8.12. The van der Waals surface area contributed by atoms with Crippen molar-refractivity contribution in [1.29, 1.82) is 0 Å². The van der Waals surface area contributed by atoms with Gasteiger partial charge in [-0.2, -0.15) is 0 Å². The molecule has 11 heavy (non-hydrogen) atoms. The van der Waals surface area contributed by atoms with E-state index in [2.05, 4.69) is 0 Å². The van der Waals surface area contributed by atoms with Crippen LogP contribution in [0.4, 0.5) is 0 Å². The molecule has 0 spiro atoms. The van der Waals surface area contributed by atoms with Crippen molar-refractivity contribution in [1.82, 2.24) is 0 Å². The maximum Gasteiger partial charge on any atom is 2.00 e. The third kappa shape index (κ3) is 126000. The molecule has 0 atom stereocenters. The van der Waals surface area contributed by atoms with Crippen LogP contribution in [0.2, 0.25) is 0 Å². The van der Waals surface area contributed by atoms with Gasteiger partial charge in [-0.3, -0.25) is 0 Å². The van der Waals surface area contributed by atoms with Crippen molar-refractivity contribution >= 4 is 19.4 Å². The van der Waals surface area contributed by atoms with E-state index in [4.69, 9.17) is 29.7 Å². The average Bonchev–Trinajstić information content (AvgIpc) is 1.70. The second-order valence-corrected chi connectivity index (χ2v) is 0.289. The molecular formula is C3H3CuNaO6. The fourth-order valence-electron chi connectivity index (χ4n) is 0. The van der Waals surface area contributed by atoms with E-state index in [0.717, 1.165) is 0 Å². The first-order chi connectivity index (χ1) is 4.24. The summed E-state index contributed by atoms with van der Waals surface area (Å²) in [6.07, 6.45) is 0. The summed E-state index contributed by atoms with van der Waals surface area (Å²) in [5.74, 6) is 0. The summed E-state index contributed by atoms with van der Waals surface area (Å²) in [6, 6.07) is 0. The van der Waals surface area contributed by atoms with Crippen LogP contribution in [0.1, 0.15) is 0 Å². The molecule has 1 radical (unpaired) electrons. The average molecular weight is 222 g/mol. The molecule has 0 aliphatic heterocycles. The fraction of sp³-hybridized carbons (Fsp3) is 0. The Balaban J connectivity index is -0.0000000150. The predicted octanol–water partition coefficient (Wildman–Crippen LogP) is -7.90. The third-order valence-corrected chi connectivity index (χ3v) is 0. The van der Waals surface area contributed by atoms with Crippen molar-refractivity contribution in [3.63, 3.8) is 0 Å². The van der Waals surface area contributed by atoms with Crippen LogP contribution in [0.15, 0.2) is 0 Å². The number of carbonyl (C=O) groups is 3. The molecule has 6 nitrogen and oxygen atoms in total. The van der Waals surface area contributed by atoms with E-state index in [9.17, 15) is 0 Å². The second kappa shape index (κ2) is 92.3. The largest absolute Gasteiger partial charge is 2.00 e. The Kier molecular flexibility index (Phi) is 257. The number of rotatable bonds is 0. The van der Waals surface area contributed by atoms with Gasteiger partial charge in [0, 0.05) is 19.4 Å². The summed E-state index contributed by atoms with van der Waals surface area (Å²) in [5.41, 5.74) is 0. The van der Waals surface area contributed by atoms with Crippen molar-refractivity contribution in [2.24, 2.45) is 0 Å². The number of hydrogen-bond donors (Lipinski definition) is 0. The van der Waals surface area contributed by atoms with Crippen LogP contribution in [0.3, 0.4) is 0 Å². The Morgan fingerprint density at radius 1 is 0.727 bits per heavy atom. The maximum atomic E-state index is 8.25. The number of carbonyl (C=O) groups excluding carboxylic acids is 3. The molecule has 0 aliphatic rings. The molecule has 0 rings (SSSR count). The first-order valence-corrected chi connectivity index (χ1v) is 1.41. The molecule has 0 aromatic rings. The minimum Gasteiger partial charge on any atom is -0.554 e. The van der Waals surface area contributed by atoms with E-state index < -0.39 is 19.4 Å². The van der Waals surface area contributed by atoms with E-state index in [1.54, 1.807) is 0 Å². The molecule has 0 aromatic heterocycles. The zero-order valence-corrected chi connectivity index (χ0v) is 8.42. The van der Waals surface area contributed by atoms with E-state index in [1.807, 2.05) is 0 Å². The molecule has 0 saturated heterocycles. The SMILES string of the molecule is O=C[O-].O=C[O-].O=C[O-].[Cu+2].[Na+]. The Hall–Kier alpha value is -0.0705.